The smallest absolute Gasteiger partial charge is 0.322 e. The quantitative estimate of drug-likeness (QED) is 0.804. The maximum absolute atomic E-state index is 13.5. The Kier molecular flexibility index (Phi) is 3.95. The fraction of sp³-hybridized carbons (Fsp3) is 0.333. The van der Waals surface area contributed by atoms with E-state index in [9.17, 15) is 22.7 Å². The van der Waals surface area contributed by atoms with E-state index in [0.717, 1.165) is 18.2 Å². The molecule has 1 aliphatic heterocycles. The largest absolute Gasteiger partial charge is 0.480 e. The number of carboxylic acids is 1. The van der Waals surface area contributed by atoms with Gasteiger partial charge in [-0.2, -0.15) is 9.57 Å². The predicted octanol–water partition coefficient (Wildman–Crippen LogP) is -0.0941. The van der Waals surface area contributed by atoms with Crippen LogP contribution in [0, 0.1) is 17.1 Å². The summed E-state index contributed by atoms with van der Waals surface area (Å²) in [4.78, 5) is 10.5. The van der Waals surface area contributed by atoms with Crippen LogP contribution in [0.25, 0.3) is 0 Å². The van der Waals surface area contributed by atoms with Crippen LogP contribution < -0.4 is 0 Å². The van der Waals surface area contributed by atoms with Crippen molar-refractivity contribution < 1.29 is 27.8 Å². The van der Waals surface area contributed by atoms with Crippen LogP contribution in [-0.4, -0.2) is 47.6 Å². The highest BCUT2D eigenvalue weighted by molar-refractivity contribution is 7.89. The molecule has 2 atom stereocenters. The van der Waals surface area contributed by atoms with Crippen LogP contribution in [0.4, 0.5) is 4.39 Å². The summed E-state index contributed by atoms with van der Waals surface area (Å²) < 4.78 is 39.0. The Morgan fingerprint density at radius 1 is 1.48 bits per heavy atom. The highest BCUT2D eigenvalue weighted by atomic mass is 32.2. The van der Waals surface area contributed by atoms with E-state index in [4.69, 9.17) is 10.4 Å². The van der Waals surface area contributed by atoms with Gasteiger partial charge in [-0.3, -0.25) is 4.79 Å². The third kappa shape index (κ3) is 2.61. The number of benzene rings is 1. The van der Waals surface area contributed by atoms with Crippen LogP contribution in [0.1, 0.15) is 12.0 Å². The van der Waals surface area contributed by atoms with Crippen molar-refractivity contribution in [3.05, 3.63) is 29.6 Å². The summed E-state index contributed by atoms with van der Waals surface area (Å²) in [5.41, 5.74) is -0.678. The standard InChI is InChI=1S/C12H11FN2O5S/c13-9-2-1-3-11(8(9)5-14)21(19,20)15-6-7(16)4-10(15)12(17)18/h1-3,7,10,16H,4,6H2,(H,17,18)/t7-,10-/m0/s1. The third-order valence-electron chi connectivity index (χ3n) is 3.19. The molecule has 0 unspecified atom stereocenters. The molecule has 0 aromatic heterocycles. The summed E-state index contributed by atoms with van der Waals surface area (Å²) in [6.07, 6.45) is -1.38. The number of hydrogen-bond acceptors (Lipinski definition) is 5. The summed E-state index contributed by atoms with van der Waals surface area (Å²) in [5, 5.41) is 27.4. The molecule has 112 valence electrons. The molecule has 1 aromatic carbocycles. The predicted molar refractivity (Wildman–Crippen MR) is 67.1 cm³/mol. The van der Waals surface area contributed by atoms with Crippen LogP contribution in [0.15, 0.2) is 23.1 Å². The maximum Gasteiger partial charge on any atom is 0.322 e. The molecule has 9 heteroatoms. The molecular weight excluding hydrogens is 303 g/mol. The molecule has 2 N–H and O–H groups in total. The maximum atomic E-state index is 13.5. The second-order valence-corrected chi connectivity index (χ2v) is 6.40. The summed E-state index contributed by atoms with van der Waals surface area (Å²) in [6, 6.07) is 3.09. The van der Waals surface area contributed by atoms with Gasteiger partial charge >= 0.3 is 5.97 Å². The molecule has 1 aromatic rings. The Labute approximate surface area is 119 Å². The van der Waals surface area contributed by atoms with Crippen molar-refractivity contribution in [2.75, 3.05) is 6.54 Å². The Balaban J connectivity index is 2.55. The van der Waals surface area contributed by atoms with E-state index in [0.29, 0.717) is 4.31 Å². The Morgan fingerprint density at radius 2 is 2.14 bits per heavy atom. The molecule has 0 saturated carbocycles. The molecule has 1 saturated heterocycles. The fourth-order valence-corrected chi connectivity index (χ4v) is 4.01. The number of halogens is 1. The van der Waals surface area contributed by atoms with E-state index < -0.39 is 51.0 Å². The van der Waals surface area contributed by atoms with Gasteiger partial charge in [0, 0.05) is 13.0 Å². The minimum atomic E-state index is -4.40. The lowest BCUT2D eigenvalue weighted by Gasteiger charge is -2.21. The number of nitrogens with zero attached hydrogens (tertiary/aromatic N) is 2. The topological polar surface area (TPSA) is 119 Å². The summed E-state index contributed by atoms with van der Waals surface area (Å²) in [6.45, 7) is -0.416. The highest BCUT2D eigenvalue weighted by Gasteiger charge is 2.44. The van der Waals surface area contributed by atoms with Gasteiger partial charge in [0.1, 0.15) is 28.4 Å². The SMILES string of the molecule is N#Cc1c(F)cccc1S(=O)(=O)N1C[C@@H](O)C[C@H]1C(=O)O. The lowest BCUT2D eigenvalue weighted by molar-refractivity contribution is -0.140. The number of aliphatic hydroxyl groups is 1. The minimum Gasteiger partial charge on any atom is -0.480 e. The van der Waals surface area contributed by atoms with Gasteiger partial charge in [0.2, 0.25) is 10.0 Å². The van der Waals surface area contributed by atoms with Crippen LogP contribution >= 0.6 is 0 Å². The first kappa shape index (κ1) is 15.4. The number of rotatable bonds is 3. The molecule has 1 heterocycles. The molecular formula is C12H11FN2O5S. The van der Waals surface area contributed by atoms with Crippen molar-refractivity contribution in [1.82, 2.24) is 4.31 Å². The minimum absolute atomic E-state index is 0.258. The average Bonchev–Trinajstić information content (AvgIpc) is 2.81. The molecule has 21 heavy (non-hydrogen) atoms. The molecule has 7 nitrogen and oxygen atoms in total. The van der Waals surface area contributed by atoms with Crippen molar-refractivity contribution >= 4 is 16.0 Å². The number of carbonyl (C=O) groups is 1. The third-order valence-corrected chi connectivity index (χ3v) is 5.11. The number of aliphatic hydroxyl groups excluding tert-OH is 1. The normalized spacial score (nSPS) is 22.9. The van der Waals surface area contributed by atoms with Crippen LogP contribution in [-0.2, 0) is 14.8 Å². The molecule has 1 aliphatic rings. The highest BCUT2D eigenvalue weighted by Crippen LogP contribution is 2.29. The molecule has 2 rings (SSSR count). The lowest BCUT2D eigenvalue weighted by Crippen LogP contribution is -2.40. The second kappa shape index (κ2) is 5.40. The van der Waals surface area contributed by atoms with E-state index in [-0.39, 0.29) is 6.42 Å². The van der Waals surface area contributed by atoms with Crippen LogP contribution in [0.3, 0.4) is 0 Å². The zero-order valence-corrected chi connectivity index (χ0v) is 11.4. The molecule has 0 bridgehead atoms. The molecule has 0 amide bonds. The van der Waals surface area contributed by atoms with Crippen molar-refractivity contribution in [2.24, 2.45) is 0 Å². The fourth-order valence-electron chi connectivity index (χ4n) is 2.23. The van der Waals surface area contributed by atoms with Gasteiger partial charge in [-0.05, 0) is 12.1 Å². The Hall–Kier alpha value is -2.02. The van der Waals surface area contributed by atoms with Gasteiger partial charge in [0.25, 0.3) is 0 Å². The Bertz CT molecular complexity index is 728. The summed E-state index contributed by atoms with van der Waals surface area (Å²) in [7, 11) is -4.40. The summed E-state index contributed by atoms with van der Waals surface area (Å²) in [5.74, 6) is -2.42. The van der Waals surface area contributed by atoms with E-state index in [1.807, 2.05) is 0 Å². The first-order valence-electron chi connectivity index (χ1n) is 5.90. The number of nitriles is 1. The zero-order chi connectivity index (χ0) is 15.8. The van der Waals surface area contributed by atoms with Crippen molar-refractivity contribution in [3.8, 4) is 6.07 Å². The first-order valence-corrected chi connectivity index (χ1v) is 7.34. The van der Waals surface area contributed by atoms with Gasteiger partial charge in [-0.25, -0.2) is 12.8 Å². The van der Waals surface area contributed by atoms with Crippen LogP contribution in [0.5, 0.6) is 0 Å². The van der Waals surface area contributed by atoms with Gasteiger partial charge in [-0.15, -0.1) is 0 Å². The molecule has 0 radical (unpaired) electrons. The van der Waals surface area contributed by atoms with E-state index in [1.54, 1.807) is 0 Å². The number of sulfonamides is 1. The molecule has 1 fully saturated rings. The Morgan fingerprint density at radius 3 is 2.71 bits per heavy atom. The van der Waals surface area contributed by atoms with E-state index in [2.05, 4.69) is 0 Å². The monoisotopic (exact) mass is 314 g/mol. The number of carboxylic acid groups (broad SMARTS) is 1. The molecule has 0 aliphatic carbocycles. The van der Waals surface area contributed by atoms with Crippen molar-refractivity contribution in [1.29, 1.82) is 5.26 Å². The number of hydrogen-bond donors (Lipinski definition) is 2. The number of β-amino-alcohol motifs (C(OH)–C–C–N with tert-alkyl or cyclic N) is 1. The lowest BCUT2D eigenvalue weighted by atomic mass is 10.2. The number of aliphatic carboxylic acids is 1. The van der Waals surface area contributed by atoms with E-state index in [1.165, 1.54) is 6.07 Å². The molecule has 0 spiro atoms. The van der Waals surface area contributed by atoms with E-state index >= 15 is 0 Å². The summed E-state index contributed by atoms with van der Waals surface area (Å²) >= 11 is 0. The van der Waals surface area contributed by atoms with Gasteiger partial charge in [0.05, 0.1) is 6.10 Å². The average molecular weight is 314 g/mol. The van der Waals surface area contributed by atoms with Gasteiger partial charge in [0.15, 0.2) is 0 Å². The van der Waals surface area contributed by atoms with Crippen molar-refractivity contribution in [3.63, 3.8) is 0 Å². The van der Waals surface area contributed by atoms with Gasteiger partial charge < -0.3 is 10.2 Å². The second-order valence-electron chi connectivity index (χ2n) is 4.54. The van der Waals surface area contributed by atoms with Gasteiger partial charge in [-0.1, -0.05) is 6.07 Å². The van der Waals surface area contributed by atoms with Crippen molar-refractivity contribution in [2.45, 2.75) is 23.5 Å². The first-order chi connectivity index (χ1) is 9.78. The van der Waals surface area contributed by atoms with Crippen LogP contribution in [0.2, 0.25) is 0 Å². The zero-order valence-electron chi connectivity index (χ0n) is 10.6.